The van der Waals surface area contributed by atoms with Crippen LogP contribution in [-0.4, -0.2) is 17.1 Å². The van der Waals surface area contributed by atoms with Crippen LogP contribution in [0.25, 0.3) is 0 Å². The normalized spacial score (nSPS) is 30.6. The lowest BCUT2D eigenvalue weighted by molar-refractivity contribution is -0.139. The van der Waals surface area contributed by atoms with E-state index in [4.69, 9.17) is 16.3 Å². The summed E-state index contributed by atoms with van der Waals surface area (Å²) in [5.41, 5.74) is 5.15. The summed E-state index contributed by atoms with van der Waals surface area (Å²) < 4.78 is 28.7. The van der Waals surface area contributed by atoms with E-state index in [2.05, 4.69) is 0 Å². The summed E-state index contributed by atoms with van der Waals surface area (Å²) in [6.45, 7) is -0.502. The molecule has 0 unspecified atom stereocenters. The van der Waals surface area contributed by atoms with Gasteiger partial charge in [-0.15, -0.1) is 0 Å². The second-order valence-corrected chi connectivity index (χ2v) is 1.60. The third-order valence-corrected chi connectivity index (χ3v) is 0.959. The zero-order valence-electron chi connectivity index (χ0n) is 9.16. The van der Waals surface area contributed by atoms with E-state index in [-0.39, 0.29) is 0 Å². The van der Waals surface area contributed by atoms with E-state index < -0.39 is 31.2 Å². The molecule has 3 heteroatoms. The molecular weight excluding hydrogens is 124 g/mol. The van der Waals surface area contributed by atoms with Crippen LogP contribution in [0.1, 0.15) is 25.7 Å². The van der Waals surface area contributed by atoms with Gasteiger partial charge >= 0.3 is 5.97 Å². The van der Waals surface area contributed by atoms with Gasteiger partial charge in [-0.25, -0.2) is 0 Å². The first kappa shape index (κ1) is 3.56. The monoisotopic (exact) mass is 141 g/mol. The molecule has 0 aliphatic carbocycles. The molecule has 0 bridgehead atoms. The van der Waals surface area contributed by atoms with Gasteiger partial charge in [-0.1, -0.05) is 20.2 Å². The van der Waals surface area contributed by atoms with Crippen LogP contribution in [0.4, 0.5) is 0 Å². The summed E-state index contributed by atoms with van der Waals surface area (Å²) in [4.78, 5) is 10.5. The number of nitrogens with two attached hydrogens (primary N) is 1. The Morgan fingerprint density at radius 2 is 2.78 bits per heavy atom. The Morgan fingerprint density at radius 1 is 2.22 bits per heavy atom. The van der Waals surface area contributed by atoms with E-state index in [9.17, 15) is 4.79 Å². The number of carbonyl (C=O) groups is 1. The summed E-state index contributed by atoms with van der Waals surface area (Å²) in [5, 5.41) is 8.52. The summed E-state index contributed by atoms with van der Waals surface area (Å²) in [5.74, 6) is -3.55. The van der Waals surface area contributed by atoms with E-state index >= 15 is 0 Å². The number of carboxylic acid groups (broad SMARTS) is 1. The highest BCUT2D eigenvalue weighted by molar-refractivity contribution is 5.73. The van der Waals surface area contributed by atoms with Crippen LogP contribution in [0.5, 0.6) is 0 Å². The van der Waals surface area contributed by atoms with Crippen molar-refractivity contribution in [2.75, 3.05) is 0 Å². The molecule has 0 radical (unpaired) electrons. The van der Waals surface area contributed by atoms with Gasteiger partial charge in [-0.2, -0.15) is 0 Å². The van der Waals surface area contributed by atoms with E-state index in [1.54, 1.807) is 0 Å². The first-order valence-electron chi connectivity index (χ1n) is 4.73. The maximum Gasteiger partial charge on any atom is 0.320 e. The molecule has 0 aliphatic rings. The molecule has 0 rings (SSSR count). The Balaban J connectivity index is 4.90. The molecule has 3 atom stereocenters. The second kappa shape index (κ2) is 3.45. The van der Waals surface area contributed by atoms with Crippen molar-refractivity contribution >= 4 is 5.97 Å². The standard InChI is InChI=1S/C6H13NO2/c1-3-4(2)5(7)6(8)9/h4-5H,3,7H2,1-2H3,(H,8,9)/t4-,5-/m0/s1/i2+1D2,3+1D,4+1D,5+1,6+1,7+1/t3-,4+,5+/m1. The zero-order chi connectivity index (χ0) is 10.8. The van der Waals surface area contributed by atoms with Crippen molar-refractivity contribution in [2.45, 2.75) is 26.2 Å². The third-order valence-electron chi connectivity index (χ3n) is 0.959. The molecule has 54 valence electrons. The van der Waals surface area contributed by atoms with Crippen molar-refractivity contribution in [1.29, 1.82) is 0 Å². The molecule has 0 aromatic rings. The Kier molecular flexibility index (Phi) is 1.37. The topological polar surface area (TPSA) is 63.3 Å². The van der Waals surface area contributed by atoms with Crippen LogP contribution in [-0.2, 0) is 4.79 Å². The largest absolute Gasteiger partial charge is 0.480 e. The van der Waals surface area contributed by atoms with Crippen molar-refractivity contribution in [2.24, 2.45) is 11.6 Å². The molecule has 0 aromatic carbocycles. The van der Waals surface area contributed by atoms with Crippen LogP contribution in [0.15, 0.2) is 0 Å². The van der Waals surface area contributed by atoms with Gasteiger partial charge in [0.05, 0.1) is 0 Å². The quantitative estimate of drug-likeness (QED) is 0.443. The molecule has 3 N–H and O–H groups in total. The first-order chi connectivity index (χ1) is 5.74. The van der Waals surface area contributed by atoms with Crippen molar-refractivity contribution < 1.29 is 15.4 Å². The minimum atomic E-state index is -2.09. The van der Waals surface area contributed by atoms with Gasteiger partial charge in [0.1, 0.15) is 6.04 Å². The number of hydrogen-bond acceptors (Lipinski definition) is 2. The van der Waals surface area contributed by atoms with Crippen molar-refractivity contribution in [3.63, 3.8) is 0 Å². The third kappa shape index (κ3) is 2.46. The minimum absolute atomic E-state index is 1.20. The molecule has 0 fully saturated rings. The van der Waals surface area contributed by atoms with Gasteiger partial charge in [-0.3, -0.25) is 4.79 Å². The van der Waals surface area contributed by atoms with Gasteiger partial charge in [0.25, 0.3) is 0 Å². The number of carboxylic acids is 1. The lowest BCUT2D eigenvalue weighted by Crippen LogP contribution is -2.36. The average Bonchev–Trinajstić information content (AvgIpc) is 2.00. The van der Waals surface area contributed by atoms with Crippen LogP contribution in [0, 0.1) is 5.89 Å². The van der Waals surface area contributed by atoms with E-state index in [1.165, 1.54) is 6.92 Å². The van der Waals surface area contributed by atoms with Crippen LogP contribution < -0.4 is 5.73 Å². The van der Waals surface area contributed by atoms with Gasteiger partial charge in [0, 0.05) is 5.48 Å². The molecule has 0 aliphatic heterocycles. The van der Waals surface area contributed by atoms with Gasteiger partial charge in [0.2, 0.25) is 0 Å². The number of aliphatic carboxylic acids is 1. The molecule has 0 heterocycles. The van der Waals surface area contributed by atoms with Crippen molar-refractivity contribution in [1.82, 2.24) is 0 Å². The maximum atomic E-state index is 10.5. The predicted octanol–water partition coefficient (Wildman–Crippen LogP) is 0.444. The molecule has 0 spiro atoms. The van der Waals surface area contributed by atoms with Gasteiger partial charge < -0.3 is 10.8 Å². The maximum absolute atomic E-state index is 10.5. The fraction of sp³-hybridized carbons (Fsp3) is 0.833. The summed E-state index contributed by atoms with van der Waals surface area (Å²) in [6, 6.07) is -1.68. The molecule has 0 aromatic heterocycles. The average molecular weight is 141 g/mol. The molecule has 3 nitrogen and oxygen atoms in total. The van der Waals surface area contributed by atoms with E-state index in [0.717, 1.165) is 0 Å². The summed E-state index contributed by atoms with van der Waals surface area (Å²) in [6.07, 6.45) is -1.20. The van der Waals surface area contributed by atoms with Gasteiger partial charge in [-0.05, 0) is 5.89 Å². The van der Waals surface area contributed by atoms with Gasteiger partial charge in [0.15, 0.2) is 0 Å². The van der Waals surface area contributed by atoms with Crippen molar-refractivity contribution in [3.8, 4) is 0 Å². The highest BCUT2D eigenvalue weighted by Crippen LogP contribution is 2.04. The first-order valence-corrected chi connectivity index (χ1v) is 2.49. The van der Waals surface area contributed by atoms with Crippen LogP contribution in [0.3, 0.4) is 0 Å². The molecule has 0 amide bonds. The Morgan fingerprint density at radius 3 is 2.89 bits per heavy atom. The highest BCUT2D eigenvalue weighted by atomic mass is 16.5. The number of hydrogen-bond donors (Lipinski definition) is 2. The lowest BCUT2D eigenvalue weighted by Gasteiger charge is -2.11. The number of rotatable bonds is 3. The summed E-state index contributed by atoms with van der Waals surface area (Å²) >= 11 is 0. The fourth-order valence-electron chi connectivity index (χ4n) is 0.322. The second-order valence-electron chi connectivity index (χ2n) is 1.60. The van der Waals surface area contributed by atoms with Crippen molar-refractivity contribution in [3.05, 3.63) is 0 Å². The Bertz CT molecular complexity index is 189. The predicted molar refractivity (Wildman–Crippen MR) is 35.1 cm³/mol. The van der Waals surface area contributed by atoms with Crippen LogP contribution >= 0.6 is 0 Å². The van der Waals surface area contributed by atoms with E-state index in [0.29, 0.717) is 0 Å². The zero-order valence-corrected chi connectivity index (χ0v) is 5.16. The molecular formula is C6H13NO2. The minimum Gasteiger partial charge on any atom is -0.480 e. The Labute approximate surface area is 60.5 Å². The van der Waals surface area contributed by atoms with Crippen LogP contribution in [0.2, 0.25) is 0 Å². The molecule has 0 saturated heterocycles. The van der Waals surface area contributed by atoms with E-state index in [1.807, 2.05) is 0 Å². The summed E-state index contributed by atoms with van der Waals surface area (Å²) in [7, 11) is 0. The molecule has 9 heavy (non-hydrogen) atoms. The smallest absolute Gasteiger partial charge is 0.320 e. The highest BCUT2D eigenvalue weighted by Gasteiger charge is 2.17. The SMILES string of the molecule is [2H][13CH]([2H])[13C@@]([2H])([13C@H]([2H])C)[13C@H]([15NH2])[13C](=O)O. The Hall–Kier alpha value is -0.570. The molecule has 0 saturated carbocycles. The fourth-order valence-corrected chi connectivity index (χ4v) is 0.322. The lowest BCUT2D eigenvalue weighted by atomic mass is 10.9.